The first-order valence-corrected chi connectivity index (χ1v) is 9.34. The number of rotatable bonds is 2. The van der Waals surface area contributed by atoms with Crippen molar-refractivity contribution in [2.45, 2.75) is 32.1 Å². The van der Waals surface area contributed by atoms with Gasteiger partial charge < -0.3 is 0 Å². The molecule has 2 aromatic rings. The molecule has 0 saturated heterocycles. The van der Waals surface area contributed by atoms with Crippen molar-refractivity contribution in [2.75, 3.05) is 0 Å². The second-order valence-corrected chi connectivity index (χ2v) is 8.05. The van der Waals surface area contributed by atoms with Gasteiger partial charge in [-0.05, 0) is 72.7 Å². The lowest BCUT2D eigenvalue weighted by atomic mass is 9.74. The van der Waals surface area contributed by atoms with Crippen LogP contribution in [-0.2, 0) is 9.59 Å². The van der Waals surface area contributed by atoms with Gasteiger partial charge in [0.1, 0.15) is 5.92 Å². The molecule has 0 spiro atoms. The first-order valence-electron chi connectivity index (χ1n) is 8.58. The Morgan fingerprint density at radius 1 is 0.840 bits per heavy atom. The summed E-state index contributed by atoms with van der Waals surface area (Å²) in [5.74, 6) is -0.306. The van der Waals surface area contributed by atoms with Crippen molar-refractivity contribution in [3.05, 3.63) is 57.6 Å². The van der Waals surface area contributed by atoms with E-state index in [9.17, 15) is 9.59 Å². The summed E-state index contributed by atoms with van der Waals surface area (Å²) in [7, 11) is 0. The second kappa shape index (κ2) is 6.26. The number of aryl methyl sites for hydroxylation is 1. The van der Waals surface area contributed by atoms with E-state index in [1.54, 1.807) is 6.07 Å². The molecular weight excluding hydrogens is 355 g/mol. The van der Waals surface area contributed by atoms with Gasteiger partial charge in [0.2, 0.25) is 0 Å². The Kier molecular flexibility index (Phi) is 4.21. The zero-order chi connectivity index (χ0) is 17.7. The molecule has 2 aliphatic carbocycles. The lowest BCUT2D eigenvalue weighted by Gasteiger charge is -2.27. The van der Waals surface area contributed by atoms with Crippen LogP contribution < -0.4 is 0 Å². The Bertz CT molecular complexity index is 845. The van der Waals surface area contributed by atoms with Crippen LogP contribution in [0.5, 0.6) is 0 Å². The predicted molar refractivity (Wildman–Crippen MR) is 100 cm³/mol. The maximum Gasteiger partial charge on any atom is 0.150 e. The van der Waals surface area contributed by atoms with Crippen molar-refractivity contribution in [3.63, 3.8) is 0 Å². The van der Waals surface area contributed by atoms with E-state index in [1.807, 2.05) is 37.3 Å². The quantitative estimate of drug-likeness (QED) is 0.640. The molecule has 0 amide bonds. The third kappa shape index (κ3) is 2.92. The molecule has 4 heteroatoms. The monoisotopic (exact) mass is 372 g/mol. The third-order valence-electron chi connectivity index (χ3n) is 5.59. The summed E-state index contributed by atoms with van der Waals surface area (Å²) in [4.78, 5) is 25.7. The summed E-state index contributed by atoms with van der Waals surface area (Å²) in [5.41, 5.74) is 3.62. The average molecular weight is 373 g/mol. The number of halogens is 2. The highest BCUT2D eigenvalue weighted by atomic mass is 35.5. The number of hydrogen-bond donors (Lipinski definition) is 0. The highest BCUT2D eigenvalue weighted by molar-refractivity contribution is 6.35. The van der Waals surface area contributed by atoms with E-state index in [4.69, 9.17) is 23.2 Å². The summed E-state index contributed by atoms with van der Waals surface area (Å²) >= 11 is 12.2. The maximum atomic E-state index is 12.8. The minimum atomic E-state index is -0.610. The highest BCUT2D eigenvalue weighted by Crippen LogP contribution is 2.45. The van der Waals surface area contributed by atoms with Crippen molar-refractivity contribution in [1.82, 2.24) is 0 Å². The van der Waals surface area contributed by atoms with Crippen LogP contribution in [0.1, 0.15) is 36.3 Å². The first-order chi connectivity index (χ1) is 11.9. The Hall–Kier alpha value is -1.64. The standard InChI is InChI=1S/C21H18Cl2O2/c1-11-2-3-12(15-7-16(22)10-17(23)8-15)9-18(11)19-20(24)13-4-5-14(6-13)21(19)25/h2-3,7-10,13-14,19H,4-6H2,1H3/t13-,14+,19?. The molecule has 0 N–H and O–H groups in total. The van der Waals surface area contributed by atoms with Crippen LogP contribution in [0, 0.1) is 18.8 Å². The smallest absolute Gasteiger partial charge is 0.150 e. The van der Waals surface area contributed by atoms with Gasteiger partial charge in [-0.2, -0.15) is 0 Å². The fourth-order valence-electron chi connectivity index (χ4n) is 4.27. The minimum Gasteiger partial charge on any atom is -0.298 e. The van der Waals surface area contributed by atoms with E-state index in [1.165, 1.54) is 0 Å². The number of carbonyl (C=O) groups excluding carboxylic acids is 2. The van der Waals surface area contributed by atoms with Gasteiger partial charge in [-0.3, -0.25) is 9.59 Å². The molecule has 0 aromatic heterocycles. The molecule has 0 heterocycles. The molecule has 2 nitrogen and oxygen atoms in total. The molecule has 2 aromatic carbocycles. The fourth-order valence-corrected chi connectivity index (χ4v) is 4.79. The van der Waals surface area contributed by atoms with E-state index in [2.05, 4.69) is 0 Å². The van der Waals surface area contributed by atoms with Crippen LogP contribution in [0.4, 0.5) is 0 Å². The highest BCUT2D eigenvalue weighted by Gasteiger charge is 2.47. The Morgan fingerprint density at radius 3 is 2.04 bits per heavy atom. The number of hydrogen-bond acceptors (Lipinski definition) is 2. The maximum absolute atomic E-state index is 12.8. The Balaban J connectivity index is 1.80. The summed E-state index contributed by atoms with van der Waals surface area (Å²) in [6.45, 7) is 1.96. The molecule has 2 bridgehead atoms. The first kappa shape index (κ1) is 16.8. The van der Waals surface area contributed by atoms with Crippen molar-refractivity contribution in [3.8, 4) is 11.1 Å². The number of benzene rings is 2. The van der Waals surface area contributed by atoms with E-state index in [0.29, 0.717) is 10.0 Å². The number of carbonyl (C=O) groups is 2. The topological polar surface area (TPSA) is 34.1 Å². The van der Waals surface area contributed by atoms with Gasteiger partial charge in [0, 0.05) is 21.9 Å². The van der Waals surface area contributed by atoms with Crippen molar-refractivity contribution < 1.29 is 9.59 Å². The molecule has 25 heavy (non-hydrogen) atoms. The molecule has 3 atom stereocenters. The molecule has 4 rings (SSSR count). The van der Waals surface area contributed by atoms with E-state index < -0.39 is 5.92 Å². The summed E-state index contributed by atoms with van der Waals surface area (Å²) in [5, 5.41) is 1.12. The largest absolute Gasteiger partial charge is 0.298 e. The normalized spacial score (nSPS) is 25.5. The third-order valence-corrected chi connectivity index (χ3v) is 6.03. The molecule has 2 fully saturated rings. The SMILES string of the molecule is Cc1ccc(-c2cc(Cl)cc(Cl)c2)cc1C1C(=O)[C@@H]2CC[C@@H](C2)C1=O. The number of fused-ring (bicyclic) bond motifs is 2. The Labute approximate surface area is 157 Å². The summed E-state index contributed by atoms with van der Waals surface area (Å²) in [6, 6.07) is 11.3. The minimum absolute atomic E-state index is 0.0522. The van der Waals surface area contributed by atoms with Crippen LogP contribution in [0.25, 0.3) is 11.1 Å². The van der Waals surface area contributed by atoms with Gasteiger partial charge >= 0.3 is 0 Å². The van der Waals surface area contributed by atoms with Gasteiger partial charge in [-0.15, -0.1) is 0 Å². The van der Waals surface area contributed by atoms with E-state index >= 15 is 0 Å². The van der Waals surface area contributed by atoms with Gasteiger partial charge in [0.25, 0.3) is 0 Å². The average Bonchev–Trinajstić information content (AvgIpc) is 3.01. The number of Topliss-reactive ketones (excluding diaryl/α,β-unsaturated/α-hetero) is 2. The van der Waals surface area contributed by atoms with Crippen LogP contribution in [-0.4, -0.2) is 11.6 Å². The van der Waals surface area contributed by atoms with Crippen LogP contribution in [0.3, 0.4) is 0 Å². The predicted octanol–water partition coefficient (Wildman–Crippen LogP) is 5.62. The molecule has 0 radical (unpaired) electrons. The summed E-state index contributed by atoms with van der Waals surface area (Å²) < 4.78 is 0. The van der Waals surface area contributed by atoms with Crippen molar-refractivity contribution in [1.29, 1.82) is 0 Å². The number of ketones is 2. The van der Waals surface area contributed by atoms with Gasteiger partial charge in [-0.1, -0.05) is 35.3 Å². The van der Waals surface area contributed by atoms with Gasteiger partial charge in [-0.25, -0.2) is 0 Å². The lowest BCUT2D eigenvalue weighted by Crippen LogP contribution is -2.35. The molecule has 2 saturated carbocycles. The Morgan fingerprint density at radius 2 is 1.44 bits per heavy atom. The van der Waals surface area contributed by atoms with E-state index in [-0.39, 0.29) is 23.4 Å². The van der Waals surface area contributed by atoms with Crippen molar-refractivity contribution in [2.24, 2.45) is 11.8 Å². The lowest BCUT2D eigenvalue weighted by molar-refractivity contribution is -0.135. The summed E-state index contributed by atoms with van der Waals surface area (Å²) in [6.07, 6.45) is 2.46. The van der Waals surface area contributed by atoms with Crippen molar-refractivity contribution >= 4 is 34.8 Å². The molecule has 1 unspecified atom stereocenters. The second-order valence-electron chi connectivity index (χ2n) is 7.17. The van der Waals surface area contributed by atoms with Gasteiger partial charge in [0.05, 0.1) is 0 Å². The van der Waals surface area contributed by atoms with Gasteiger partial charge in [0.15, 0.2) is 11.6 Å². The molecule has 0 aliphatic heterocycles. The van der Waals surface area contributed by atoms with E-state index in [0.717, 1.165) is 41.5 Å². The zero-order valence-electron chi connectivity index (χ0n) is 13.9. The molecule has 128 valence electrons. The zero-order valence-corrected chi connectivity index (χ0v) is 15.4. The molecule has 2 aliphatic rings. The van der Waals surface area contributed by atoms with Crippen LogP contribution >= 0.6 is 23.2 Å². The van der Waals surface area contributed by atoms with Crippen LogP contribution in [0.15, 0.2) is 36.4 Å². The van der Waals surface area contributed by atoms with Crippen LogP contribution in [0.2, 0.25) is 10.0 Å². The molecular formula is C21H18Cl2O2. The fraction of sp³-hybridized carbons (Fsp3) is 0.333.